The Labute approximate surface area is 180 Å². The lowest BCUT2D eigenvalue weighted by atomic mass is 10.1. The molecule has 0 atom stereocenters. The first-order valence-electron chi connectivity index (χ1n) is 12.5. The van der Waals surface area contributed by atoms with Crippen molar-refractivity contribution in [3.8, 4) is 0 Å². The maximum absolute atomic E-state index is 11.7. The number of rotatable bonds is 23. The summed E-state index contributed by atoms with van der Waals surface area (Å²) in [6, 6.07) is 0. The molecule has 0 N–H and O–H groups in total. The zero-order valence-corrected chi connectivity index (χ0v) is 19.2. The van der Waals surface area contributed by atoms with Crippen molar-refractivity contribution >= 4 is 11.9 Å². The molecule has 0 fully saturated rings. The SMILES string of the molecule is CCCCCCCCCCCC(=O)OCCCCCCCCCCCCC([O])=O. The Kier molecular flexibility index (Phi) is 22.4. The van der Waals surface area contributed by atoms with Gasteiger partial charge in [0.15, 0.2) is 0 Å². The van der Waals surface area contributed by atoms with E-state index in [-0.39, 0.29) is 12.4 Å². The van der Waals surface area contributed by atoms with E-state index in [2.05, 4.69) is 6.92 Å². The van der Waals surface area contributed by atoms with Crippen LogP contribution >= 0.6 is 0 Å². The molecule has 171 valence electrons. The molecule has 0 saturated heterocycles. The van der Waals surface area contributed by atoms with E-state index in [4.69, 9.17) is 4.74 Å². The average molecular weight is 412 g/mol. The van der Waals surface area contributed by atoms with Crippen LogP contribution < -0.4 is 0 Å². The number of esters is 1. The minimum Gasteiger partial charge on any atom is -0.466 e. The first-order valence-corrected chi connectivity index (χ1v) is 12.5. The minimum atomic E-state index is -0.931. The predicted molar refractivity (Wildman–Crippen MR) is 119 cm³/mol. The van der Waals surface area contributed by atoms with Gasteiger partial charge < -0.3 is 4.74 Å². The van der Waals surface area contributed by atoms with E-state index in [0.717, 1.165) is 44.9 Å². The molecule has 0 aromatic rings. The lowest BCUT2D eigenvalue weighted by molar-refractivity contribution is -0.144. The third-order valence-electron chi connectivity index (χ3n) is 5.52. The van der Waals surface area contributed by atoms with Crippen molar-refractivity contribution in [1.29, 1.82) is 0 Å². The van der Waals surface area contributed by atoms with Crippen LogP contribution in [0.25, 0.3) is 0 Å². The van der Waals surface area contributed by atoms with Crippen molar-refractivity contribution in [1.82, 2.24) is 0 Å². The fraction of sp³-hybridized carbons (Fsp3) is 0.920. The minimum absolute atomic E-state index is 0.0216. The molecule has 29 heavy (non-hydrogen) atoms. The second kappa shape index (κ2) is 23.2. The summed E-state index contributed by atoms with van der Waals surface area (Å²) in [7, 11) is 0. The van der Waals surface area contributed by atoms with E-state index in [1.165, 1.54) is 77.0 Å². The molecule has 0 heterocycles. The Morgan fingerprint density at radius 2 is 0.897 bits per heavy atom. The molecule has 0 amide bonds. The van der Waals surface area contributed by atoms with Gasteiger partial charge >= 0.3 is 11.9 Å². The Bertz CT molecular complexity index is 368. The van der Waals surface area contributed by atoms with Gasteiger partial charge in [-0.1, -0.05) is 110 Å². The highest BCUT2D eigenvalue weighted by molar-refractivity contribution is 5.69. The van der Waals surface area contributed by atoms with Gasteiger partial charge in [-0.15, -0.1) is 0 Å². The number of ether oxygens (including phenoxy) is 1. The Morgan fingerprint density at radius 3 is 1.34 bits per heavy atom. The largest absolute Gasteiger partial charge is 0.466 e. The van der Waals surface area contributed by atoms with Crippen LogP contribution in [0.15, 0.2) is 0 Å². The van der Waals surface area contributed by atoms with Gasteiger partial charge in [-0.25, -0.2) is 9.90 Å². The summed E-state index contributed by atoms with van der Waals surface area (Å²) in [6.07, 6.45) is 23.3. The van der Waals surface area contributed by atoms with E-state index >= 15 is 0 Å². The van der Waals surface area contributed by atoms with Crippen molar-refractivity contribution in [3.63, 3.8) is 0 Å². The fourth-order valence-corrected chi connectivity index (χ4v) is 3.62. The summed E-state index contributed by atoms with van der Waals surface area (Å²) in [5.41, 5.74) is 0. The second-order valence-electron chi connectivity index (χ2n) is 8.46. The van der Waals surface area contributed by atoms with Gasteiger partial charge in [0.2, 0.25) is 0 Å². The fourth-order valence-electron chi connectivity index (χ4n) is 3.62. The van der Waals surface area contributed by atoms with Crippen molar-refractivity contribution < 1.29 is 19.4 Å². The quantitative estimate of drug-likeness (QED) is 0.128. The highest BCUT2D eigenvalue weighted by Gasteiger charge is 2.03. The monoisotopic (exact) mass is 411 g/mol. The molecule has 0 aromatic carbocycles. The molecule has 4 nitrogen and oxygen atoms in total. The third-order valence-corrected chi connectivity index (χ3v) is 5.52. The van der Waals surface area contributed by atoms with Crippen LogP contribution in [0.2, 0.25) is 0 Å². The lowest BCUT2D eigenvalue weighted by Crippen LogP contribution is -2.05. The molecule has 0 bridgehead atoms. The molecule has 0 aliphatic heterocycles. The van der Waals surface area contributed by atoms with Gasteiger partial charge in [0, 0.05) is 6.42 Å². The molecule has 0 unspecified atom stereocenters. The summed E-state index contributed by atoms with van der Waals surface area (Å²) in [5.74, 6) is -0.953. The van der Waals surface area contributed by atoms with Crippen LogP contribution in [0.4, 0.5) is 0 Å². The smallest absolute Gasteiger partial charge is 0.355 e. The van der Waals surface area contributed by atoms with E-state index in [9.17, 15) is 14.7 Å². The van der Waals surface area contributed by atoms with E-state index in [1.54, 1.807) is 0 Å². The average Bonchev–Trinajstić information content (AvgIpc) is 2.70. The first-order chi connectivity index (χ1) is 14.2. The van der Waals surface area contributed by atoms with Crippen LogP contribution in [-0.2, 0) is 19.4 Å². The van der Waals surface area contributed by atoms with Crippen LogP contribution in [0.5, 0.6) is 0 Å². The Balaban J connectivity index is 3.15. The number of unbranched alkanes of at least 4 members (excludes halogenated alkanes) is 17. The molecule has 0 aliphatic rings. The van der Waals surface area contributed by atoms with Crippen LogP contribution in [-0.4, -0.2) is 18.5 Å². The van der Waals surface area contributed by atoms with Crippen LogP contribution in [0.3, 0.4) is 0 Å². The Hall–Kier alpha value is -1.06. The predicted octanol–water partition coefficient (Wildman–Crippen LogP) is 7.70. The second-order valence-corrected chi connectivity index (χ2v) is 8.46. The summed E-state index contributed by atoms with van der Waals surface area (Å²) in [6.45, 7) is 2.83. The zero-order chi connectivity index (χ0) is 21.4. The summed E-state index contributed by atoms with van der Waals surface area (Å²) in [4.78, 5) is 22.0. The van der Waals surface area contributed by atoms with Crippen LogP contribution in [0.1, 0.15) is 142 Å². The molecule has 0 saturated carbocycles. The molecule has 0 spiro atoms. The lowest BCUT2D eigenvalue weighted by Gasteiger charge is -2.05. The van der Waals surface area contributed by atoms with E-state index in [0.29, 0.717) is 13.0 Å². The first kappa shape index (κ1) is 27.9. The molecular formula is C25H47O4. The van der Waals surface area contributed by atoms with Crippen molar-refractivity contribution in [2.75, 3.05) is 6.61 Å². The topological polar surface area (TPSA) is 63.3 Å². The highest BCUT2D eigenvalue weighted by Crippen LogP contribution is 2.12. The molecular weight excluding hydrogens is 364 g/mol. The Morgan fingerprint density at radius 1 is 0.517 bits per heavy atom. The van der Waals surface area contributed by atoms with Gasteiger partial charge in [-0.05, 0) is 19.3 Å². The van der Waals surface area contributed by atoms with Crippen molar-refractivity contribution in [3.05, 3.63) is 0 Å². The van der Waals surface area contributed by atoms with Crippen LogP contribution in [0, 0.1) is 0 Å². The molecule has 1 radical (unpaired) electrons. The van der Waals surface area contributed by atoms with Crippen molar-refractivity contribution in [2.45, 2.75) is 142 Å². The summed E-state index contributed by atoms with van der Waals surface area (Å²) >= 11 is 0. The van der Waals surface area contributed by atoms with Crippen molar-refractivity contribution in [2.24, 2.45) is 0 Å². The maximum atomic E-state index is 11.7. The summed E-state index contributed by atoms with van der Waals surface area (Å²) < 4.78 is 5.33. The summed E-state index contributed by atoms with van der Waals surface area (Å²) in [5, 5.41) is 10.3. The van der Waals surface area contributed by atoms with E-state index < -0.39 is 5.97 Å². The number of hydrogen-bond acceptors (Lipinski definition) is 3. The number of hydrogen-bond donors (Lipinski definition) is 0. The molecule has 0 aromatic heterocycles. The maximum Gasteiger partial charge on any atom is 0.355 e. The highest BCUT2D eigenvalue weighted by atomic mass is 16.5. The van der Waals surface area contributed by atoms with Gasteiger partial charge in [0.25, 0.3) is 0 Å². The molecule has 0 aliphatic carbocycles. The zero-order valence-electron chi connectivity index (χ0n) is 19.2. The number of carbonyl (C=O) groups excluding carboxylic acids is 2. The molecule has 4 heteroatoms. The van der Waals surface area contributed by atoms with Gasteiger partial charge in [-0.3, -0.25) is 4.79 Å². The van der Waals surface area contributed by atoms with Gasteiger partial charge in [0.05, 0.1) is 13.0 Å². The van der Waals surface area contributed by atoms with Gasteiger partial charge in [-0.2, -0.15) is 0 Å². The standard InChI is InChI=1S/C25H47O4/c1-2-3-4-5-6-9-13-16-19-22-25(28)29-23-20-17-14-11-8-7-10-12-15-18-21-24(26)27/h2-23H2,1H3. The number of carbonyl (C=O) groups is 2. The third kappa shape index (κ3) is 24.9. The van der Waals surface area contributed by atoms with E-state index in [1.807, 2.05) is 0 Å². The normalized spacial score (nSPS) is 10.9. The molecule has 0 rings (SSSR count). The van der Waals surface area contributed by atoms with Gasteiger partial charge in [0.1, 0.15) is 0 Å².